The maximum absolute atomic E-state index is 12.2. The Hall–Kier alpha value is -1.96. The number of rotatable bonds is 6. The molecule has 1 aromatic carbocycles. The zero-order chi connectivity index (χ0) is 22.2. The Morgan fingerprint density at radius 3 is 3.00 bits per heavy atom. The van der Waals surface area contributed by atoms with E-state index in [4.69, 9.17) is 9.47 Å². The van der Waals surface area contributed by atoms with Crippen molar-refractivity contribution in [3.05, 3.63) is 45.4 Å². The third-order valence-electron chi connectivity index (χ3n) is 7.06. The molecule has 1 amide bonds. The molecule has 172 valence electrons. The SMILES string of the molecule is CC(C)NC(=O)c1csc([C@H]2CC[C@@H]3[C@@H](COc4ccc5c(c4)CCC5)[C@H](O)C[C@@H]3O2)n1. The van der Waals surface area contributed by atoms with Gasteiger partial charge in [-0.25, -0.2) is 4.98 Å². The quantitative estimate of drug-likeness (QED) is 0.685. The fraction of sp³-hybridized carbons (Fsp3) is 0.600. The molecule has 1 saturated heterocycles. The van der Waals surface area contributed by atoms with Crippen molar-refractivity contribution in [1.82, 2.24) is 10.3 Å². The Bertz CT molecular complexity index is 975. The number of thiazole rings is 1. The largest absolute Gasteiger partial charge is 0.493 e. The number of aliphatic hydroxyl groups is 1. The lowest BCUT2D eigenvalue weighted by Crippen LogP contribution is -2.33. The van der Waals surface area contributed by atoms with Crippen LogP contribution in [0.2, 0.25) is 0 Å². The highest BCUT2D eigenvalue weighted by Crippen LogP contribution is 2.46. The summed E-state index contributed by atoms with van der Waals surface area (Å²) in [7, 11) is 0. The average molecular weight is 457 g/mol. The van der Waals surface area contributed by atoms with Crippen LogP contribution >= 0.6 is 11.3 Å². The lowest BCUT2D eigenvalue weighted by molar-refractivity contribution is -0.0811. The number of aliphatic hydroxyl groups excluding tert-OH is 1. The molecular weight excluding hydrogens is 424 g/mol. The Labute approximate surface area is 193 Å². The van der Waals surface area contributed by atoms with Crippen LogP contribution in [0.25, 0.3) is 0 Å². The lowest BCUT2D eigenvalue weighted by atomic mass is 9.87. The molecule has 0 unspecified atom stereocenters. The molecule has 3 aliphatic rings. The standard InChI is InChI=1S/C25H32N2O4S/c1-14(2)26-24(29)20-13-32-25(27-20)22-9-8-18-19(21(28)11-23(18)31-22)12-30-17-7-6-15-4-3-5-16(15)10-17/h6-7,10,13-14,18-19,21-23,28H,3-5,8-9,11-12H2,1-2H3,(H,26,29)/t18-,19-,21-,22-,23+/m1/s1. The summed E-state index contributed by atoms with van der Waals surface area (Å²) < 4.78 is 12.5. The molecule has 1 saturated carbocycles. The predicted octanol–water partition coefficient (Wildman–Crippen LogP) is 4.07. The highest BCUT2D eigenvalue weighted by molar-refractivity contribution is 7.09. The van der Waals surface area contributed by atoms with Crippen molar-refractivity contribution >= 4 is 17.2 Å². The van der Waals surface area contributed by atoms with E-state index in [0.717, 1.165) is 30.0 Å². The molecule has 2 N–H and O–H groups in total. The van der Waals surface area contributed by atoms with Gasteiger partial charge in [0.1, 0.15) is 22.6 Å². The number of aromatic nitrogens is 1. The maximum Gasteiger partial charge on any atom is 0.270 e. The molecule has 0 spiro atoms. The van der Waals surface area contributed by atoms with Gasteiger partial charge in [0.15, 0.2) is 0 Å². The number of carbonyl (C=O) groups is 1. The second-order valence-corrected chi connectivity index (χ2v) is 10.6. The fourth-order valence-corrected chi connectivity index (χ4v) is 6.32. The summed E-state index contributed by atoms with van der Waals surface area (Å²) in [6.07, 6.45) is 5.47. The zero-order valence-corrected chi connectivity index (χ0v) is 19.6. The first kappa shape index (κ1) is 21.9. The first-order valence-corrected chi connectivity index (χ1v) is 12.7. The molecule has 5 atom stereocenters. The van der Waals surface area contributed by atoms with Gasteiger partial charge in [-0.05, 0) is 75.1 Å². The number of nitrogens with one attached hydrogen (secondary N) is 1. The summed E-state index contributed by atoms with van der Waals surface area (Å²) in [5.41, 5.74) is 3.30. The number of carbonyl (C=O) groups excluding carboxylic acids is 1. The summed E-state index contributed by atoms with van der Waals surface area (Å²) in [5, 5.41) is 16.3. The fourth-order valence-electron chi connectivity index (χ4n) is 5.45. The summed E-state index contributed by atoms with van der Waals surface area (Å²) in [6, 6.07) is 6.50. The predicted molar refractivity (Wildman–Crippen MR) is 123 cm³/mol. The van der Waals surface area contributed by atoms with Crippen molar-refractivity contribution in [2.24, 2.45) is 11.8 Å². The number of ether oxygens (including phenoxy) is 2. The number of hydrogen-bond acceptors (Lipinski definition) is 6. The minimum absolute atomic E-state index is 0.00853. The lowest BCUT2D eigenvalue weighted by Gasteiger charge is -2.33. The van der Waals surface area contributed by atoms with E-state index in [-0.39, 0.29) is 30.1 Å². The van der Waals surface area contributed by atoms with Gasteiger partial charge in [-0.1, -0.05) is 6.07 Å². The van der Waals surface area contributed by atoms with E-state index >= 15 is 0 Å². The van der Waals surface area contributed by atoms with Crippen molar-refractivity contribution in [2.45, 2.75) is 76.7 Å². The van der Waals surface area contributed by atoms with Gasteiger partial charge in [-0.3, -0.25) is 4.79 Å². The molecule has 0 bridgehead atoms. The van der Waals surface area contributed by atoms with Crippen molar-refractivity contribution in [3.63, 3.8) is 0 Å². The van der Waals surface area contributed by atoms with Gasteiger partial charge in [0.05, 0.1) is 18.8 Å². The van der Waals surface area contributed by atoms with Crippen LogP contribution in [0, 0.1) is 11.8 Å². The van der Waals surface area contributed by atoms with E-state index in [0.29, 0.717) is 24.6 Å². The van der Waals surface area contributed by atoms with Crippen LogP contribution in [-0.4, -0.2) is 40.9 Å². The van der Waals surface area contributed by atoms with E-state index in [1.165, 1.54) is 35.3 Å². The van der Waals surface area contributed by atoms with Crippen molar-refractivity contribution < 1.29 is 19.4 Å². The van der Waals surface area contributed by atoms with Crippen LogP contribution in [0.5, 0.6) is 5.75 Å². The van der Waals surface area contributed by atoms with Crippen molar-refractivity contribution in [2.75, 3.05) is 6.61 Å². The summed E-state index contributed by atoms with van der Waals surface area (Å²) in [4.78, 5) is 16.8. The molecule has 7 heteroatoms. The van der Waals surface area contributed by atoms with Crippen molar-refractivity contribution in [1.29, 1.82) is 0 Å². The minimum atomic E-state index is -0.415. The third kappa shape index (κ3) is 4.43. The van der Waals surface area contributed by atoms with Crippen LogP contribution in [0.3, 0.4) is 0 Å². The molecule has 1 aliphatic heterocycles. The van der Waals surface area contributed by atoms with Gasteiger partial charge in [-0.15, -0.1) is 11.3 Å². The monoisotopic (exact) mass is 456 g/mol. The van der Waals surface area contributed by atoms with Gasteiger partial charge in [0.25, 0.3) is 5.91 Å². The van der Waals surface area contributed by atoms with Gasteiger partial charge in [0, 0.05) is 23.8 Å². The Morgan fingerprint density at radius 1 is 1.31 bits per heavy atom. The number of nitrogens with zero attached hydrogens (tertiary/aromatic N) is 1. The van der Waals surface area contributed by atoms with Gasteiger partial charge < -0.3 is 19.9 Å². The van der Waals surface area contributed by atoms with E-state index in [9.17, 15) is 9.90 Å². The average Bonchev–Trinajstić information content (AvgIpc) is 3.49. The summed E-state index contributed by atoms with van der Waals surface area (Å²) in [6.45, 7) is 4.39. The second-order valence-electron chi connectivity index (χ2n) is 9.67. The molecular formula is C25H32N2O4S. The molecule has 5 rings (SSSR count). The molecule has 2 fully saturated rings. The second kappa shape index (κ2) is 9.12. The van der Waals surface area contributed by atoms with Crippen LogP contribution in [-0.2, 0) is 17.6 Å². The molecule has 0 radical (unpaired) electrons. The number of benzene rings is 1. The maximum atomic E-state index is 12.2. The Balaban J connectivity index is 1.19. The molecule has 6 nitrogen and oxygen atoms in total. The van der Waals surface area contributed by atoms with Crippen LogP contribution in [0.1, 0.15) is 72.3 Å². The summed E-state index contributed by atoms with van der Waals surface area (Å²) >= 11 is 1.48. The van der Waals surface area contributed by atoms with Crippen LogP contribution in [0.4, 0.5) is 0 Å². The van der Waals surface area contributed by atoms with Crippen molar-refractivity contribution in [3.8, 4) is 5.75 Å². The highest BCUT2D eigenvalue weighted by Gasteiger charge is 2.47. The van der Waals surface area contributed by atoms with Gasteiger partial charge in [0.2, 0.25) is 0 Å². The number of amides is 1. The van der Waals surface area contributed by atoms with Gasteiger partial charge in [-0.2, -0.15) is 0 Å². The highest BCUT2D eigenvalue weighted by atomic mass is 32.1. The van der Waals surface area contributed by atoms with E-state index < -0.39 is 6.10 Å². The first-order valence-electron chi connectivity index (χ1n) is 11.8. The summed E-state index contributed by atoms with van der Waals surface area (Å²) in [5.74, 6) is 1.14. The number of fused-ring (bicyclic) bond motifs is 2. The molecule has 32 heavy (non-hydrogen) atoms. The minimum Gasteiger partial charge on any atom is -0.493 e. The smallest absolute Gasteiger partial charge is 0.270 e. The molecule has 2 aromatic rings. The Morgan fingerprint density at radius 2 is 2.16 bits per heavy atom. The van der Waals surface area contributed by atoms with E-state index in [1.807, 2.05) is 13.8 Å². The zero-order valence-electron chi connectivity index (χ0n) is 18.8. The number of aryl methyl sites for hydroxylation is 2. The van der Waals surface area contributed by atoms with Crippen LogP contribution in [0.15, 0.2) is 23.6 Å². The molecule has 2 aliphatic carbocycles. The third-order valence-corrected chi connectivity index (χ3v) is 8.00. The molecule has 1 aromatic heterocycles. The Kier molecular flexibility index (Phi) is 6.23. The topological polar surface area (TPSA) is 80.7 Å². The normalized spacial score (nSPS) is 29.1. The number of hydrogen-bond donors (Lipinski definition) is 2. The van der Waals surface area contributed by atoms with Gasteiger partial charge >= 0.3 is 0 Å². The van der Waals surface area contributed by atoms with E-state index in [1.54, 1.807) is 5.38 Å². The molecule has 2 heterocycles. The van der Waals surface area contributed by atoms with E-state index in [2.05, 4.69) is 28.5 Å². The van der Waals surface area contributed by atoms with Crippen LogP contribution < -0.4 is 10.1 Å². The first-order chi connectivity index (χ1) is 15.5.